The van der Waals surface area contributed by atoms with Gasteiger partial charge in [0.1, 0.15) is 6.61 Å². The monoisotopic (exact) mass is 243 g/mol. The second-order valence-corrected chi connectivity index (χ2v) is 4.85. The summed E-state index contributed by atoms with van der Waals surface area (Å²) in [6, 6.07) is 0.206. The highest BCUT2D eigenvalue weighted by atomic mass is 32.2. The highest BCUT2D eigenvalue weighted by Gasteiger charge is 2.27. The second-order valence-electron chi connectivity index (χ2n) is 3.77. The quantitative estimate of drug-likeness (QED) is 0.750. The Kier molecular flexibility index (Phi) is 5.22. The normalized spacial score (nSPS) is 27.2. The van der Waals surface area contributed by atoms with Crippen molar-refractivity contribution >= 4 is 11.8 Å². The third-order valence-electron chi connectivity index (χ3n) is 2.38. The van der Waals surface area contributed by atoms with Gasteiger partial charge in [0.25, 0.3) is 0 Å². The van der Waals surface area contributed by atoms with Crippen LogP contribution in [0.3, 0.4) is 0 Å². The van der Waals surface area contributed by atoms with Crippen LogP contribution in [0, 0.1) is 5.92 Å². The average Bonchev–Trinajstić information content (AvgIpc) is 2.49. The molecule has 0 radical (unpaired) electrons. The molecule has 0 aliphatic carbocycles. The smallest absolute Gasteiger partial charge is 0.372 e. The molecule has 0 aromatic carbocycles. The van der Waals surface area contributed by atoms with Crippen molar-refractivity contribution in [1.82, 2.24) is 0 Å². The zero-order valence-corrected chi connectivity index (χ0v) is 9.24. The van der Waals surface area contributed by atoms with Crippen LogP contribution >= 0.6 is 11.8 Å². The number of hydrogen-bond acceptors (Lipinski definition) is 3. The van der Waals surface area contributed by atoms with Crippen molar-refractivity contribution < 1.29 is 17.9 Å². The minimum atomic E-state index is -4.21. The van der Waals surface area contributed by atoms with Crippen molar-refractivity contribution in [2.45, 2.75) is 25.1 Å². The van der Waals surface area contributed by atoms with Crippen LogP contribution in [0.4, 0.5) is 13.2 Å². The van der Waals surface area contributed by atoms with Crippen LogP contribution in [0.1, 0.15) is 12.8 Å². The van der Waals surface area contributed by atoms with Crippen LogP contribution in [0.5, 0.6) is 0 Å². The minimum absolute atomic E-state index is 0.174. The van der Waals surface area contributed by atoms with Crippen molar-refractivity contribution in [2.75, 3.05) is 24.7 Å². The summed E-state index contributed by atoms with van der Waals surface area (Å²) in [6.07, 6.45) is -2.68. The third kappa shape index (κ3) is 5.63. The molecule has 1 saturated heterocycles. The van der Waals surface area contributed by atoms with E-state index in [0.717, 1.165) is 17.9 Å². The fourth-order valence-electron chi connectivity index (χ4n) is 1.55. The molecule has 1 aliphatic heterocycles. The van der Waals surface area contributed by atoms with Gasteiger partial charge in [-0.25, -0.2) is 0 Å². The maximum Gasteiger partial charge on any atom is 0.411 e. The molecule has 1 rings (SSSR count). The average molecular weight is 243 g/mol. The van der Waals surface area contributed by atoms with Crippen molar-refractivity contribution in [1.29, 1.82) is 0 Å². The predicted octanol–water partition coefficient (Wildman–Crippen LogP) is 2.04. The van der Waals surface area contributed by atoms with E-state index >= 15 is 0 Å². The van der Waals surface area contributed by atoms with Gasteiger partial charge in [-0.05, 0) is 24.5 Å². The Morgan fingerprint density at radius 1 is 1.33 bits per heavy atom. The Balaban J connectivity index is 1.97. The SMILES string of the molecule is NC1CSCC1CCCOCC(F)(F)F. The molecule has 2 N–H and O–H groups in total. The van der Waals surface area contributed by atoms with Gasteiger partial charge in [-0.15, -0.1) is 0 Å². The third-order valence-corrected chi connectivity index (χ3v) is 3.66. The molecular weight excluding hydrogens is 227 g/mol. The molecule has 1 fully saturated rings. The summed E-state index contributed by atoms with van der Waals surface area (Å²) in [5.74, 6) is 2.44. The maximum absolute atomic E-state index is 11.7. The van der Waals surface area contributed by atoms with Gasteiger partial charge in [0, 0.05) is 18.4 Å². The lowest BCUT2D eigenvalue weighted by Gasteiger charge is -2.14. The Labute approximate surface area is 91.7 Å². The lowest BCUT2D eigenvalue weighted by atomic mass is 9.99. The molecule has 2 atom stereocenters. The summed E-state index contributed by atoms with van der Waals surface area (Å²) in [7, 11) is 0. The standard InChI is InChI=1S/C9H16F3NOS/c10-9(11,12)6-14-3-1-2-7-4-15-5-8(7)13/h7-8H,1-6,13H2. The number of rotatable bonds is 5. The van der Waals surface area contributed by atoms with Gasteiger partial charge in [-0.3, -0.25) is 0 Å². The molecule has 6 heteroatoms. The summed E-state index contributed by atoms with van der Waals surface area (Å²) < 4.78 is 39.6. The van der Waals surface area contributed by atoms with Gasteiger partial charge in [0.05, 0.1) is 0 Å². The Bertz CT molecular complexity index is 189. The van der Waals surface area contributed by atoms with Crippen molar-refractivity contribution in [3.8, 4) is 0 Å². The first kappa shape index (κ1) is 13.1. The molecule has 0 aromatic rings. The molecule has 0 amide bonds. The van der Waals surface area contributed by atoms with Gasteiger partial charge in [-0.1, -0.05) is 0 Å². The first-order chi connectivity index (χ1) is 6.99. The second kappa shape index (κ2) is 5.96. The lowest BCUT2D eigenvalue weighted by Crippen LogP contribution is -2.28. The first-order valence-electron chi connectivity index (χ1n) is 4.97. The summed E-state index contributed by atoms with van der Waals surface area (Å²) >= 11 is 1.81. The molecule has 90 valence electrons. The molecule has 2 unspecified atom stereocenters. The van der Waals surface area contributed by atoms with E-state index < -0.39 is 12.8 Å². The van der Waals surface area contributed by atoms with E-state index in [-0.39, 0.29) is 12.6 Å². The molecule has 1 aliphatic rings. The first-order valence-corrected chi connectivity index (χ1v) is 6.12. The zero-order valence-electron chi connectivity index (χ0n) is 8.43. The van der Waals surface area contributed by atoms with Gasteiger partial charge >= 0.3 is 6.18 Å². The number of hydrogen-bond donors (Lipinski definition) is 1. The van der Waals surface area contributed by atoms with Gasteiger partial charge in [0.2, 0.25) is 0 Å². The van der Waals surface area contributed by atoms with E-state index in [1.807, 2.05) is 11.8 Å². The Morgan fingerprint density at radius 2 is 2.07 bits per heavy atom. The molecule has 0 spiro atoms. The predicted molar refractivity (Wildman–Crippen MR) is 54.9 cm³/mol. The van der Waals surface area contributed by atoms with Crippen molar-refractivity contribution in [3.05, 3.63) is 0 Å². The number of ether oxygens (including phenoxy) is 1. The molecular formula is C9H16F3NOS. The van der Waals surface area contributed by atoms with Crippen molar-refractivity contribution in [2.24, 2.45) is 11.7 Å². The fraction of sp³-hybridized carbons (Fsp3) is 1.00. The molecule has 1 heterocycles. The Hall–Kier alpha value is 0.0600. The summed E-state index contributed by atoms with van der Waals surface area (Å²) in [6.45, 7) is -0.966. The topological polar surface area (TPSA) is 35.2 Å². The van der Waals surface area contributed by atoms with E-state index in [0.29, 0.717) is 12.3 Å². The molecule has 0 aromatic heterocycles. The summed E-state index contributed by atoms with van der Waals surface area (Å²) in [5.41, 5.74) is 5.82. The van der Waals surface area contributed by atoms with E-state index in [9.17, 15) is 13.2 Å². The number of halogens is 3. The van der Waals surface area contributed by atoms with Crippen LogP contribution in [0.2, 0.25) is 0 Å². The number of nitrogens with two attached hydrogens (primary N) is 1. The van der Waals surface area contributed by atoms with Gasteiger partial charge < -0.3 is 10.5 Å². The Morgan fingerprint density at radius 3 is 2.60 bits per heavy atom. The molecule has 15 heavy (non-hydrogen) atoms. The van der Waals surface area contributed by atoms with Gasteiger partial charge in [0.15, 0.2) is 0 Å². The molecule has 2 nitrogen and oxygen atoms in total. The van der Waals surface area contributed by atoms with E-state index in [1.165, 1.54) is 0 Å². The van der Waals surface area contributed by atoms with Crippen LogP contribution < -0.4 is 5.73 Å². The van der Waals surface area contributed by atoms with Gasteiger partial charge in [-0.2, -0.15) is 24.9 Å². The van der Waals surface area contributed by atoms with Crippen LogP contribution in [0.25, 0.3) is 0 Å². The highest BCUT2D eigenvalue weighted by molar-refractivity contribution is 7.99. The number of alkyl halides is 3. The highest BCUT2D eigenvalue weighted by Crippen LogP contribution is 2.26. The lowest BCUT2D eigenvalue weighted by molar-refractivity contribution is -0.174. The molecule has 0 saturated carbocycles. The van der Waals surface area contributed by atoms with Crippen LogP contribution in [-0.2, 0) is 4.74 Å². The number of thioether (sulfide) groups is 1. The van der Waals surface area contributed by atoms with E-state index in [2.05, 4.69) is 4.74 Å². The zero-order chi connectivity index (χ0) is 11.3. The van der Waals surface area contributed by atoms with E-state index in [4.69, 9.17) is 5.73 Å². The summed E-state index contributed by atoms with van der Waals surface area (Å²) in [5, 5.41) is 0. The van der Waals surface area contributed by atoms with Crippen LogP contribution in [-0.4, -0.2) is 36.9 Å². The largest absolute Gasteiger partial charge is 0.411 e. The van der Waals surface area contributed by atoms with Crippen molar-refractivity contribution in [3.63, 3.8) is 0 Å². The molecule has 0 bridgehead atoms. The summed E-state index contributed by atoms with van der Waals surface area (Å²) in [4.78, 5) is 0. The minimum Gasteiger partial charge on any atom is -0.372 e. The van der Waals surface area contributed by atoms with E-state index in [1.54, 1.807) is 0 Å². The fourth-order valence-corrected chi connectivity index (χ4v) is 2.95. The maximum atomic E-state index is 11.7. The van der Waals surface area contributed by atoms with Crippen LogP contribution in [0.15, 0.2) is 0 Å².